The van der Waals surface area contributed by atoms with Crippen molar-refractivity contribution >= 4 is 22.0 Å². The molecule has 1 amide bonds. The van der Waals surface area contributed by atoms with Crippen LogP contribution in [0.25, 0.3) is 0 Å². The van der Waals surface area contributed by atoms with Gasteiger partial charge in [-0.05, 0) is 25.7 Å². The summed E-state index contributed by atoms with van der Waals surface area (Å²) in [6.07, 6.45) is -13.9. The zero-order valence-electron chi connectivity index (χ0n) is 19.2. The molecule has 0 aromatic carbocycles. The highest BCUT2D eigenvalue weighted by Gasteiger charge is 2.67. The number of unbranched alkanes of at least 4 members (excludes halogenated alkanes) is 1. The molecule has 1 rings (SSSR count). The Labute approximate surface area is 209 Å². The van der Waals surface area contributed by atoms with E-state index in [9.17, 15) is 61.9 Å². The van der Waals surface area contributed by atoms with Gasteiger partial charge in [-0.1, -0.05) is 25.8 Å². The lowest BCUT2D eigenvalue weighted by Gasteiger charge is -2.35. The number of nitrogens with one attached hydrogen (secondary N) is 1. The molecule has 1 saturated carbocycles. The fourth-order valence-corrected chi connectivity index (χ4v) is 3.72. The van der Waals surface area contributed by atoms with Crippen LogP contribution in [0.4, 0.5) is 43.9 Å². The van der Waals surface area contributed by atoms with Crippen LogP contribution in [0.5, 0.6) is 0 Å². The number of hydrogen-bond acceptors (Lipinski definition) is 6. The van der Waals surface area contributed by atoms with Crippen molar-refractivity contribution in [1.82, 2.24) is 5.32 Å². The normalized spacial score (nSPS) is 18.0. The highest BCUT2D eigenvalue weighted by Crippen LogP contribution is 2.42. The Balaban J connectivity index is 3.15. The average molecular weight is 599 g/mol. The Morgan fingerprint density at radius 2 is 1.45 bits per heavy atom. The Kier molecular flexibility index (Phi) is 10.6. The van der Waals surface area contributed by atoms with E-state index in [4.69, 9.17) is 4.55 Å². The van der Waals surface area contributed by atoms with E-state index < -0.39 is 88.8 Å². The molecule has 0 radical (unpaired) electrons. The first-order valence-corrected chi connectivity index (χ1v) is 12.2. The molecule has 1 fully saturated rings. The molecule has 0 aromatic heterocycles. The van der Waals surface area contributed by atoms with Gasteiger partial charge in [0.1, 0.15) is 5.57 Å². The van der Waals surface area contributed by atoms with E-state index in [1.54, 1.807) is 0 Å². The van der Waals surface area contributed by atoms with Gasteiger partial charge >= 0.3 is 51.3 Å². The van der Waals surface area contributed by atoms with Gasteiger partial charge in [-0.2, -0.15) is 52.3 Å². The molecule has 0 spiro atoms. The number of hydrogen-bond donors (Lipinski definition) is 2. The largest absolute Gasteiger partial charge is 0.466 e. The van der Waals surface area contributed by atoms with Crippen LogP contribution in [0.2, 0.25) is 0 Å². The second-order valence-electron chi connectivity index (χ2n) is 8.29. The van der Waals surface area contributed by atoms with E-state index in [2.05, 4.69) is 16.1 Å². The molecule has 1 atom stereocenters. The van der Waals surface area contributed by atoms with Gasteiger partial charge in [0.15, 0.2) is 0 Å². The van der Waals surface area contributed by atoms with E-state index in [1.165, 1.54) is 0 Å². The van der Waals surface area contributed by atoms with E-state index in [0.717, 1.165) is 0 Å². The molecular formula is C19H23F10NO7S. The van der Waals surface area contributed by atoms with Crippen molar-refractivity contribution in [3.63, 3.8) is 0 Å². The number of amides is 1. The van der Waals surface area contributed by atoms with E-state index in [-0.39, 0.29) is 12.8 Å². The van der Waals surface area contributed by atoms with E-state index >= 15 is 0 Å². The Hall–Kier alpha value is -2.15. The lowest BCUT2D eigenvalue weighted by atomic mass is 9.95. The van der Waals surface area contributed by atoms with Crippen LogP contribution in [0.1, 0.15) is 51.4 Å². The second-order valence-corrected chi connectivity index (χ2v) is 9.75. The zero-order valence-corrected chi connectivity index (χ0v) is 20.0. The van der Waals surface area contributed by atoms with Crippen LogP contribution in [-0.4, -0.2) is 66.8 Å². The zero-order chi connectivity index (χ0) is 29.8. The average Bonchev–Trinajstić information content (AvgIpc) is 2.75. The monoisotopic (exact) mass is 599 g/mol. The second kappa shape index (κ2) is 11.9. The van der Waals surface area contributed by atoms with Crippen molar-refractivity contribution in [2.24, 2.45) is 0 Å². The minimum atomic E-state index is -6.58. The van der Waals surface area contributed by atoms with Crippen LogP contribution < -0.4 is 5.32 Å². The first-order valence-electron chi connectivity index (χ1n) is 10.7. The first kappa shape index (κ1) is 33.9. The Morgan fingerprint density at radius 3 is 1.89 bits per heavy atom. The number of halogens is 10. The smallest absolute Gasteiger partial charge is 0.412 e. The third-order valence-corrected chi connectivity index (χ3v) is 6.32. The molecule has 1 aliphatic carbocycles. The first-order chi connectivity index (χ1) is 17.0. The van der Waals surface area contributed by atoms with Crippen LogP contribution >= 0.6 is 0 Å². The quantitative estimate of drug-likeness (QED) is 0.0837. The standard InChI is InChI=1S/C19H23F10NO7S/c1-11(17(22,23)24)13(31)37-16(18(25,26)27,14(32)30-12-7-3-2-4-8-12)36-10-6-5-9-15(20,21)19(28,29)38(33,34)35/h12H,1-10H2,(H,30,32)(H,33,34,35). The molecule has 1 aliphatic rings. The van der Waals surface area contributed by atoms with Crippen LogP contribution in [-0.2, 0) is 29.2 Å². The third kappa shape index (κ3) is 7.93. The van der Waals surface area contributed by atoms with Crippen molar-refractivity contribution in [2.75, 3.05) is 6.61 Å². The summed E-state index contributed by atoms with van der Waals surface area (Å²) in [7, 11) is -6.58. The van der Waals surface area contributed by atoms with E-state index in [1.807, 2.05) is 5.32 Å². The highest BCUT2D eigenvalue weighted by molar-refractivity contribution is 7.87. The van der Waals surface area contributed by atoms with Crippen molar-refractivity contribution < 1.29 is 75.9 Å². The summed E-state index contributed by atoms with van der Waals surface area (Å²) < 4.78 is 171. The Bertz CT molecular complexity index is 975. The topological polar surface area (TPSA) is 119 Å². The number of esters is 1. The molecule has 8 nitrogen and oxygen atoms in total. The molecule has 0 aromatic rings. The SMILES string of the molecule is C=C(C(=O)OC(OCCCCC(F)(F)C(F)(F)S(=O)(=O)O)(C(=O)NC1CCCCC1)C(F)(F)F)C(F)(F)F. The maximum absolute atomic E-state index is 14.0. The molecule has 19 heteroatoms. The van der Waals surface area contributed by atoms with Crippen LogP contribution in [0.3, 0.4) is 0 Å². The van der Waals surface area contributed by atoms with Gasteiger partial charge in [0.2, 0.25) is 0 Å². The van der Waals surface area contributed by atoms with Gasteiger partial charge in [0.25, 0.3) is 0 Å². The molecule has 0 saturated heterocycles. The molecule has 0 heterocycles. The number of carbonyl (C=O) groups is 2. The molecule has 38 heavy (non-hydrogen) atoms. The maximum atomic E-state index is 14.0. The summed E-state index contributed by atoms with van der Waals surface area (Å²) in [5, 5.41) is -4.09. The van der Waals surface area contributed by atoms with Crippen molar-refractivity contribution in [2.45, 2.75) is 86.7 Å². The summed E-state index contributed by atoms with van der Waals surface area (Å²) in [5.41, 5.74) is -2.44. The van der Waals surface area contributed by atoms with Gasteiger partial charge < -0.3 is 14.8 Å². The number of ether oxygens (including phenoxy) is 2. The van der Waals surface area contributed by atoms with Gasteiger partial charge in [-0.25, -0.2) is 4.79 Å². The van der Waals surface area contributed by atoms with Crippen LogP contribution in [0, 0.1) is 0 Å². The molecule has 222 valence electrons. The minimum Gasteiger partial charge on any atom is -0.412 e. The predicted octanol–water partition coefficient (Wildman–Crippen LogP) is 4.66. The van der Waals surface area contributed by atoms with Gasteiger partial charge in [-0.3, -0.25) is 9.35 Å². The molecule has 0 aliphatic heterocycles. The number of carbonyl (C=O) groups excluding carboxylic acids is 2. The maximum Gasteiger partial charge on any atom is 0.466 e. The summed E-state index contributed by atoms with van der Waals surface area (Å²) in [6.45, 7) is 0.807. The fraction of sp³-hybridized carbons (Fsp3) is 0.789. The third-order valence-electron chi connectivity index (χ3n) is 5.38. The predicted molar refractivity (Wildman–Crippen MR) is 106 cm³/mol. The lowest BCUT2D eigenvalue weighted by molar-refractivity contribution is -0.348. The summed E-state index contributed by atoms with van der Waals surface area (Å²) in [6, 6.07) is -0.910. The summed E-state index contributed by atoms with van der Waals surface area (Å²) in [4.78, 5) is 24.4. The molecule has 0 bridgehead atoms. The lowest BCUT2D eigenvalue weighted by Crippen LogP contribution is -2.63. The summed E-state index contributed by atoms with van der Waals surface area (Å²) >= 11 is 0. The number of alkyl halides is 10. The minimum absolute atomic E-state index is 0.167. The van der Waals surface area contributed by atoms with Gasteiger partial charge in [-0.15, -0.1) is 0 Å². The van der Waals surface area contributed by atoms with Crippen molar-refractivity contribution in [1.29, 1.82) is 0 Å². The number of rotatable bonds is 12. The molecular weight excluding hydrogens is 576 g/mol. The molecule has 2 N–H and O–H groups in total. The molecule has 1 unspecified atom stereocenters. The van der Waals surface area contributed by atoms with Crippen LogP contribution in [0.15, 0.2) is 12.2 Å². The summed E-state index contributed by atoms with van der Waals surface area (Å²) in [5.74, 6) is -15.1. The fourth-order valence-electron chi connectivity index (χ4n) is 3.24. The highest BCUT2D eigenvalue weighted by atomic mass is 32.2. The van der Waals surface area contributed by atoms with Gasteiger partial charge in [0, 0.05) is 12.5 Å². The Morgan fingerprint density at radius 1 is 0.921 bits per heavy atom. The van der Waals surface area contributed by atoms with E-state index in [0.29, 0.717) is 19.3 Å². The van der Waals surface area contributed by atoms with Crippen molar-refractivity contribution in [3.05, 3.63) is 12.2 Å². The van der Waals surface area contributed by atoms with Crippen molar-refractivity contribution in [3.8, 4) is 0 Å². The van der Waals surface area contributed by atoms with Gasteiger partial charge in [0.05, 0.1) is 6.61 Å².